The number of carbonyl (C=O) groups excluding carboxylic acids is 1. The number of ketones is 1. The van der Waals surface area contributed by atoms with Crippen molar-refractivity contribution in [3.05, 3.63) is 0 Å². The lowest BCUT2D eigenvalue weighted by atomic mass is 9.58. The first-order valence-electron chi connectivity index (χ1n) is 7.41. The highest BCUT2D eigenvalue weighted by atomic mass is 16.1. The van der Waals surface area contributed by atoms with Crippen molar-refractivity contribution >= 4 is 5.78 Å². The molecule has 1 rings (SSSR count). The zero-order valence-electron chi connectivity index (χ0n) is 12.4. The summed E-state index contributed by atoms with van der Waals surface area (Å²) >= 11 is 0. The number of hydrogen-bond acceptors (Lipinski definition) is 1. The molecule has 17 heavy (non-hydrogen) atoms. The molecule has 1 heteroatoms. The summed E-state index contributed by atoms with van der Waals surface area (Å²) in [6, 6.07) is 0. The van der Waals surface area contributed by atoms with Crippen molar-refractivity contribution in [3.63, 3.8) is 0 Å². The molecule has 0 heterocycles. The molecule has 0 bridgehead atoms. The Morgan fingerprint density at radius 2 is 1.82 bits per heavy atom. The molecule has 0 N–H and O–H groups in total. The summed E-state index contributed by atoms with van der Waals surface area (Å²) in [6.07, 6.45) is 6.39. The molecule has 1 aliphatic rings. The first-order chi connectivity index (χ1) is 7.89. The molecular formula is C16H30O. The Kier molecular flexibility index (Phi) is 5.22. The van der Waals surface area contributed by atoms with Crippen LogP contribution in [0.25, 0.3) is 0 Å². The zero-order valence-corrected chi connectivity index (χ0v) is 12.4. The summed E-state index contributed by atoms with van der Waals surface area (Å²) in [5.41, 5.74) is 0.407. The number of hydrogen-bond donors (Lipinski definition) is 0. The minimum atomic E-state index is 0.407. The van der Waals surface area contributed by atoms with E-state index in [1.165, 1.54) is 12.8 Å². The predicted molar refractivity (Wildman–Crippen MR) is 74.0 cm³/mol. The largest absolute Gasteiger partial charge is 0.300 e. The highest BCUT2D eigenvalue weighted by molar-refractivity contribution is 5.78. The van der Waals surface area contributed by atoms with Gasteiger partial charge in [0.1, 0.15) is 5.78 Å². The van der Waals surface area contributed by atoms with Crippen molar-refractivity contribution in [3.8, 4) is 0 Å². The van der Waals surface area contributed by atoms with Crippen LogP contribution >= 0.6 is 0 Å². The number of Topliss-reactive ketones (excluding diaryl/α,β-unsaturated/α-hetero) is 1. The topological polar surface area (TPSA) is 17.1 Å². The molecule has 100 valence electrons. The first kappa shape index (κ1) is 14.7. The van der Waals surface area contributed by atoms with Crippen molar-refractivity contribution in [2.45, 2.75) is 73.1 Å². The van der Waals surface area contributed by atoms with Crippen molar-refractivity contribution in [1.82, 2.24) is 0 Å². The van der Waals surface area contributed by atoms with Crippen molar-refractivity contribution < 1.29 is 4.79 Å². The van der Waals surface area contributed by atoms with Gasteiger partial charge in [0.2, 0.25) is 0 Å². The smallest absolute Gasteiger partial charge is 0.132 e. The van der Waals surface area contributed by atoms with Crippen molar-refractivity contribution in [2.24, 2.45) is 23.2 Å². The number of carbonyl (C=O) groups is 1. The molecular weight excluding hydrogens is 208 g/mol. The second-order valence-corrected chi connectivity index (χ2v) is 6.71. The Morgan fingerprint density at radius 1 is 1.18 bits per heavy atom. The standard InChI is InChI=1S/C16H30O/c1-6-7-14(17)10-11-15-12(2)8-9-13(3)16(15,4)5/h12-13,15H,6-11H2,1-5H3/t12-,13-,15+/m0/s1. The van der Waals surface area contributed by atoms with Gasteiger partial charge in [0.15, 0.2) is 0 Å². The lowest BCUT2D eigenvalue weighted by Gasteiger charge is -2.47. The van der Waals surface area contributed by atoms with Crippen LogP contribution in [-0.2, 0) is 4.79 Å². The minimum absolute atomic E-state index is 0.407. The van der Waals surface area contributed by atoms with Crippen LogP contribution in [-0.4, -0.2) is 5.78 Å². The van der Waals surface area contributed by atoms with Gasteiger partial charge in [-0.05, 0) is 42.4 Å². The maximum Gasteiger partial charge on any atom is 0.132 e. The highest BCUT2D eigenvalue weighted by Crippen LogP contribution is 2.49. The zero-order chi connectivity index (χ0) is 13.1. The Hall–Kier alpha value is -0.330. The van der Waals surface area contributed by atoms with E-state index in [0.717, 1.165) is 43.4 Å². The van der Waals surface area contributed by atoms with Gasteiger partial charge in [-0.2, -0.15) is 0 Å². The summed E-state index contributed by atoms with van der Waals surface area (Å²) in [5, 5.41) is 0. The van der Waals surface area contributed by atoms with Gasteiger partial charge in [0.25, 0.3) is 0 Å². The summed E-state index contributed by atoms with van der Waals surface area (Å²) < 4.78 is 0. The van der Waals surface area contributed by atoms with Gasteiger partial charge in [-0.15, -0.1) is 0 Å². The SMILES string of the molecule is CCCC(=O)CC[C@@H]1[C@@H](C)CC[C@H](C)C1(C)C. The minimum Gasteiger partial charge on any atom is -0.300 e. The lowest BCUT2D eigenvalue weighted by Crippen LogP contribution is -2.39. The molecule has 3 atom stereocenters. The molecule has 0 aromatic heterocycles. The molecule has 1 fully saturated rings. The van der Waals surface area contributed by atoms with Crippen LogP contribution in [0.5, 0.6) is 0 Å². The molecule has 0 unspecified atom stereocenters. The highest BCUT2D eigenvalue weighted by Gasteiger charge is 2.41. The molecule has 0 radical (unpaired) electrons. The fourth-order valence-corrected chi connectivity index (χ4v) is 3.56. The van der Waals surface area contributed by atoms with Gasteiger partial charge in [-0.3, -0.25) is 4.79 Å². The van der Waals surface area contributed by atoms with Crippen LogP contribution in [0, 0.1) is 23.2 Å². The quantitative estimate of drug-likeness (QED) is 0.669. The fourth-order valence-electron chi connectivity index (χ4n) is 3.56. The second kappa shape index (κ2) is 6.02. The monoisotopic (exact) mass is 238 g/mol. The maximum atomic E-state index is 11.7. The summed E-state index contributed by atoms with van der Waals surface area (Å²) in [7, 11) is 0. The third-order valence-corrected chi connectivity index (χ3v) is 5.23. The average molecular weight is 238 g/mol. The van der Waals surface area contributed by atoms with Crippen LogP contribution < -0.4 is 0 Å². The van der Waals surface area contributed by atoms with Crippen LogP contribution in [0.2, 0.25) is 0 Å². The first-order valence-corrected chi connectivity index (χ1v) is 7.41. The molecule has 0 aliphatic heterocycles. The maximum absolute atomic E-state index is 11.7. The molecule has 0 spiro atoms. The Balaban J connectivity index is 2.57. The van der Waals surface area contributed by atoms with Crippen molar-refractivity contribution in [2.75, 3.05) is 0 Å². The van der Waals surface area contributed by atoms with E-state index in [0.29, 0.717) is 11.2 Å². The second-order valence-electron chi connectivity index (χ2n) is 6.71. The van der Waals surface area contributed by atoms with Crippen LogP contribution in [0.1, 0.15) is 73.1 Å². The van der Waals surface area contributed by atoms with E-state index in [2.05, 4.69) is 34.6 Å². The van der Waals surface area contributed by atoms with Crippen molar-refractivity contribution in [1.29, 1.82) is 0 Å². The Labute approximate surface area is 107 Å². The summed E-state index contributed by atoms with van der Waals surface area (Å²) in [4.78, 5) is 11.7. The average Bonchev–Trinajstić information content (AvgIpc) is 2.24. The van der Waals surface area contributed by atoms with E-state index in [4.69, 9.17) is 0 Å². The van der Waals surface area contributed by atoms with Gasteiger partial charge in [0.05, 0.1) is 0 Å². The fraction of sp³-hybridized carbons (Fsp3) is 0.938. The molecule has 1 saturated carbocycles. The molecule has 0 aromatic rings. The number of rotatable bonds is 5. The van der Waals surface area contributed by atoms with Gasteiger partial charge in [0, 0.05) is 12.8 Å². The molecule has 0 aromatic carbocycles. The van der Waals surface area contributed by atoms with Gasteiger partial charge in [-0.25, -0.2) is 0 Å². The van der Waals surface area contributed by atoms with E-state index in [1.54, 1.807) is 0 Å². The van der Waals surface area contributed by atoms with E-state index >= 15 is 0 Å². The van der Waals surface area contributed by atoms with E-state index in [1.807, 2.05) is 0 Å². The van der Waals surface area contributed by atoms with Crippen LogP contribution in [0.4, 0.5) is 0 Å². The molecule has 1 aliphatic carbocycles. The third kappa shape index (κ3) is 3.56. The molecule has 0 saturated heterocycles. The Bertz CT molecular complexity index is 254. The van der Waals surface area contributed by atoms with Gasteiger partial charge >= 0.3 is 0 Å². The molecule has 1 nitrogen and oxygen atoms in total. The summed E-state index contributed by atoms with van der Waals surface area (Å²) in [6.45, 7) is 11.7. The van der Waals surface area contributed by atoms with Crippen LogP contribution in [0.3, 0.4) is 0 Å². The van der Waals surface area contributed by atoms with Gasteiger partial charge in [-0.1, -0.05) is 41.0 Å². The van der Waals surface area contributed by atoms with E-state index in [9.17, 15) is 4.79 Å². The predicted octanol–water partition coefficient (Wildman–Crippen LogP) is 4.84. The van der Waals surface area contributed by atoms with Crippen LogP contribution in [0.15, 0.2) is 0 Å². The van der Waals surface area contributed by atoms with E-state index < -0.39 is 0 Å². The third-order valence-electron chi connectivity index (χ3n) is 5.23. The normalized spacial score (nSPS) is 32.4. The van der Waals surface area contributed by atoms with Gasteiger partial charge < -0.3 is 0 Å². The molecule has 0 amide bonds. The lowest BCUT2D eigenvalue weighted by molar-refractivity contribution is -0.120. The summed E-state index contributed by atoms with van der Waals surface area (Å²) in [5.74, 6) is 2.78. The van der Waals surface area contributed by atoms with E-state index in [-0.39, 0.29) is 0 Å². The Morgan fingerprint density at radius 3 is 2.41 bits per heavy atom.